The number of carbonyl (C=O) groups excluding carboxylic acids is 1. The number of nitrogens with zero attached hydrogens (tertiary/aromatic N) is 1. The van der Waals surface area contributed by atoms with Crippen LogP contribution < -0.4 is 0 Å². The van der Waals surface area contributed by atoms with Gasteiger partial charge < -0.3 is 4.90 Å². The summed E-state index contributed by atoms with van der Waals surface area (Å²) >= 11 is 3.58. The zero-order valence-electron chi connectivity index (χ0n) is 10.0. The third-order valence-electron chi connectivity index (χ3n) is 3.36. The topological polar surface area (TPSA) is 20.3 Å². The fourth-order valence-electron chi connectivity index (χ4n) is 1.89. The Labute approximate surface area is 102 Å². The average molecular weight is 276 g/mol. The van der Waals surface area contributed by atoms with Gasteiger partial charge in [0.05, 0.1) is 0 Å². The second-order valence-corrected chi connectivity index (χ2v) is 6.22. The maximum Gasteiger partial charge on any atom is 0.222 e. The smallest absolute Gasteiger partial charge is 0.222 e. The molecule has 1 unspecified atom stereocenters. The molecule has 0 spiro atoms. The summed E-state index contributed by atoms with van der Waals surface area (Å²) in [5.41, 5.74) is 0. The van der Waals surface area contributed by atoms with Crippen molar-refractivity contribution in [1.29, 1.82) is 0 Å². The van der Waals surface area contributed by atoms with Gasteiger partial charge in [0.2, 0.25) is 5.91 Å². The lowest BCUT2D eigenvalue weighted by Crippen LogP contribution is -2.38. The summed E-state index contributed by atoms with van der Waals surface area (Å²) in [4.78, 5) is 14.4. The predicted octanol–water partition coefficient (Wildman–Crippen LogP) is 3.05. The van der Waals surface area contributed by atoms with Gasteiger partial charge in [0.25, 0.3) is 0 Å². The van der Waals surface area contributed by atoms with Crippen LogP contribution in [0.4, 0.5) is 0 Å². The number of alkyl halides is 1. The Morgan fingerprint density at radius 3 is 2.60 bits per heavy atom. The molecule has 0 heterocycles. The van der Waals surface area contributed by atoms with Crippen molar-refractivity contribution < 1.29 is 4.79 Å². The van der Waals surface area contributed by atoms with E-state index in [1.807, 2.05) is 11.9 Å². The number of hydrogen-bond donors (Lipinski definition) is 0. The first-order valence-electron chi connectivity index (χ1n) is 5.91. The SMILES string of the molecule is CCC(C)CC(=O)N(C)CC1CC(Br)C1. The standard InChI is InChI=1S/C12H22BrNO/c1-4-9(2)5-12(15)14(3)8-10-6-11(13)7-10/h9-11H,4-8H2,1-3H3. The van der Waals surface area contributed by atoms with Crippen LogP contribution in [0.5, 0.6) is 0 Å². The molecule has 2 nitrogen and oxygen atoms in total. The molecule has 0 saturated heterocycles. The van der Waals surface area contributed by atoms with Gasteiger partial charge in [-0.3, -0.25) is 4.79 Å². The second kappa shape index (κ2) is 5.88. The monoisotopic (exact) mass is 275 g/mol. The highest BCUT2D eigenvalue weighted by Crippen LogP contribution is 2.33. The first-order chi connectivity index (χ1) is 7.02. The molecule has 1 saturated carbocycles. The molecule has 0 aromatic carbocycles. The minimum Gasteiger partial charge on any atom is -0.345 e. The molecule has 88 valence electrons. The third kappa shape index (κ3) is 4.13. The highest BCUT2D eigenvalue weighted by molar-refractivity contribution is 9.09. The van der Waals surface area contributed by atoms with Crippen molar-refractivity contribution in [3.63, 3.8) is 0 Å². The van der Waals surface area contributed by atoms with Crippen LogP contribution in [-0.2, 0) is 4.79 Å². The van der Waals surface area contributed by atoms with E-state index in [0.717, 1.165) is 18.9 Å². The molecule has 3 heteroatoms. The Bertz CT molecular complexity index is 214. The van der Waals surface area contributed by atoms with Crippen LogP contribution in [0.2, 0.25) is 0 Å². The summed E-state index contributed by atoms with van der Waals surface area (Å²) in [5, 5.41) is 0. The summed E-state index contributed by atoms with van der Waals surface area (Å²) in [6, 6.07) is 0. The highest BCUT2D eigenvalue weighted by Gasteiger charge is 2.28. The third-order valence-corrected chi connectivity index (χ3v) is 4.10. The molecule has 1 aliphatic rings. The molecular formula is C12H22BrNO. The first-order valence-corrected chi connectivity index (χ1v) is 6.82. The second-order valence-electron chi connectivity index (χ2n) is 4.93. The van der Waals surface area contributed by atoms with Gasteiger partial charge in [-0.1, -0.05) is 36.2 Å². The van der Waals surface area contributed by atoms with Crippen LogP contribution >= 0.6 is 15.9 Å². The van der Waals surface area contributed by atoms with E-state index < -0.39 is 0 Å². The van der Waals surface area contributed by atoms with Gasteiger partial charge >= 0.3 is 0 Å². The Hall–Kier alpha value is -0.0500. The molecule has 0 aromatic rings. The molecular weight excluding hydrogens is 254 g/mol. The van der Waals surface area contributed by atoms with E-state index in [2.05, 4.69) is 29.8 Å². The first kappa shape index (κ1) is 13.0. The normalized spacial score (nSPS) is 26.9. The van der Waals surface area contributed by atoms with Crippen LogP contribution in [0, 0.1) is 11.8 Å². The molecule has 0 bridgehead atoms. The van der Waals surface area contributed by atoms with Crippen LogP contribution in [-0.4, -0.2) is 29.2 Å². The van der Waals surface area contributed by atoms with Gasteiger partial charge in [-0.25, -0.2) is 0 Å². The van der Waals surface area contributed by atoms with Crippen LogP contribution in [0.25, 0.3) is 0 Å². The van der Waals surface area contributed by atoms with Crippen molar-refractivity contribution in [2.24, 2.45) is 11.8 Å². The Kier molecular flexibility index (Phi) is 5.10. The highest BCUT2D eigenvalue weighted by atomic mass is 79.9. The lowest BCUT2D eigenvalue weighted by molar-refractivity contribution is -0.131. The van der Waals surface area contributed by atoms with Gasteiger partial charge in [0, 0.05) is 24.8 Å². The Morgan fingerprint density at radius 1 is 1.53 bits per heavy atom. The minimum atomic E-state index is 0.308. The largest absolute Gasteiger partial charge is 0.345 e. The molecule has 15 heavy (non-hydrogen) atoms. The van der Waals surface area contributed by atoms with E-state index in [4.69, 9.17) is 0 Å². The average Bonchev–Trinajstić information content (AvgIpc) is 2.15. The number of rotatable bonds is 5. The van der Waals surface area contributed by atoms with E-state index in [9.17, 15) is 4.79 Å². The number of hydrogen-bond acceptors (Lipinski definition) is 1. The maximum absolute atomic E-state index is 11.8. The Morgan fingerprint density at radius 2 is 2.13 bits per heavy atom. The van der Waals surface area contributed by atoms with E-state index in [-0.39, 0.29) is 0 Å². The molecule has 0 aliphatic heterocycles. The summed E-state index contributed by atoms with van der Waals surface area (Å²) in [7, 11) is 1.94. The van der Waals surface area contributed by atoms with E-state index in [0.29, 0.717) is 23.1 Å². The lowest BCUT2D eigenvalue weighted by Gasteiger charge is -2.34. The Balaban J connectivity index is 2.21. The summed E-state index contributed by atoms with van der Waals surface area (Å²) in [5.74, 6) is 1.55. The van der Waals surface area contributed by atoms with Crippen LogP contribution in [0.1, 0.15) is 39.5 Å². The van der Waals surface area contributed by atoms with Gasteiger partial charge in [0.15, 0.2) is 0 Å². The molecule has 1 amide bonds. The number of carbonyl (C=O) groups is 1. The number of halogens is 1. The predicted molar refractivity (Wildman–Crippen MR) is 67.1 cm³/mol. The summed E-state index contributed by atoms with van der Waals surface area (Å²) in [6.45, 7) is 5.22. The zero-order chi connectivity index (χ0) is 11.4. The molecule has 1 aliphatic carbocycles. The van der Waals surface area contributed by atoms with Crippen molar-refractivity contribution in [1.82, 2.24) is 4.90 Å². The van der Waals surface area contributed by atoms with Crippen molar-refractivity contribution >= 4 is 21.8 Å². The fraction of sp³-hybridized carbons (Fsp3) is 0.917. The zero-order valence-corrected chi connectivity index (χ0v) is 11.6. The molecule has 0 radical (unpaired) electrons. The van der Waals surface area contributed by atoms with Crippen LogP contribution in [0.3, 0.4) is 0 Å². The number of amides is 1. The van der Waals surface area contributed by atoms with Crippen LogP contribution in [0.15, 0.2) is 0 Å². The van der Waals surface area contributed by atoms with E-state index in [1.165, 1.54) is 12.8 Å². The fourth-order valence-corrected chi connectivity index (χ4v) is 2.95. The van der Waals surface area contributed by atoms with Crippen molar-refractivity contribution in [3.8, 4) is 0 Å². The van der Waals surface area contributed by atoms with Gasteiger partial charge in [0.1, 0.15) is 0 Å². The van der Waals surface area contributed by atoms with E-state index in [1.54, 1.807) is 0 Å². The van der Waals surface area contributed by atoms with Crippen molar-refractivity contribution in [2.45, 2.75) is 44.4 Å². The summed E-state index contributed by atoms with van der Waals surface area (Å²) < 4.78 is 0. The van der Waals surface area contributed by atoms with Crippen molar-refractivity contribution in [2.75, 3.05) is 13.6 Å². The van der Waals surface area contributed by atoms with Gasteiger partial charge in [-0.05, 0) is 24.7 Å². The van der Waals surface area contributed by atoms with Gasteiger partial charge in [-0.15, -0.1) is 0 Å². The molecule has 1 fully saturated rings. The molecule has 0 N–H and O–H groups in total. The maximum atomic E-state index is 11.8. The summed E-state index contributed by atoms with van der Waals surface area (Å²) in [6.07, 6.45) is 4.24. The molecule has 0 aromatic heterocycles. The van der Waals surface area contributed by atoms with Crippen molar-refractivity contribution in [3.05, 3.63) is 0 Å². The minimum absolute atomic E-state index is 0.308. The van der Waals surface area contributed by atoms with E-state index >= 15 is 0 Å². The molecule has 1 rings (SSSR count). The van der Waals surface area contributed by atoms with Gasteiger partial charge in [-0.2, -0.15) is 0 Å². The quantitative estimate of drug-likeness (QED) is 0.707. The lowest BCUT2D eigenvalue weighted by atomic mass is 9.85. The molecule has 1 atom stereocenters.